The van der Waals surface area contributed by atoms with Gasteiger partial charge in [-0.15, -0.1) is 0 Å². The number of hydrogen-bond acceptors (Lipinski definition) is 6. The van der Waals surface area contributed by atoms with E-state index >= 15 is 0 Å². The van der Waals surface area contributed by atoms with Gasteiger partial charge in [0, 0.05) is 6.54 Å². The molecule has 0 aromatic heterocycles. The number of fused-ring (bicyclic) bond motifs is 5. The lowest BCUT2D eigenvalue weighted by molar-refractivity contribution is -0.138. The van der Waals surface area contributed by atoms with Crippen LogP contribution in [0.4, 0.5) is 23.7 Å². The summed E-state index contributed by atoms with van der Waals surface area (Å²) in [6, 6.07) is 6.59. The van der Waals surface area contributed by atoms with Gasteiger partial charge in [0.15, 0.2) is 11.5 Å². The van der Waals surface area contributed by atoms with E-state index in [1.807, 2.05) is 0 Å². The van der Waals surface area contributed by atoms with Crippen molar-refractivity contribution in [2.45, 2.75) is 37.1 Å². The SMILES string of the molecule is COc1ccc(CC(=O)N2C[C@H]3CC2C2C(=O)N(c4ccc(C#N)c(C(F)(F)F)c4)C(=O)N23)cc1OC. The van der Waals surface area contributed by atoms with Crippen molar-refractivity contribution in [3.8, 4) is 17.6 Å². The topological polar surface area (TPSA) is 103 Å². The molecule has 2 unspecified atom stereocenters. The van der Waals surface area contributed by atoms with Crippen LogP contribution in [0, 0.1) is 11.3 Å². The minimum Gasteiger partial charge on any atom is -0.493 e. The quantitative estimate of drug-likeness (QED) is 0.569. The zero-order valence-electron chi connectivity index (χ0n) is 19.8. The van der Waals surface area contributed by atoms with Crippen LogP contribution in [-0.2, 0) is 22.2 Å². The molecule has 2 aromatic rings. The molecule has 3 fully saturated rings. The summed E-state index contributed by atoms with van der Waals surface area (Å²) in [7, 11) is 2.98. The average Bonchev–Trinajstić information content (AvgIpc) is 3.54. The minimum absolute atomic E-state index is 0.0344. The first-order valence-electron chi connectivity index (χ1n) is 11.4. The molecule has 9 nitrogen and oxygen atoms in total. The number of urea groups is 1. The van der Waals surface area contributed by atoms with Crippen LogP contribution in [0.2, 0.25) is 0 Å². The van der Waals surface area contributed by atoms with Crippen molar-refractivity contribution in [2.24, 2.45) is 0 Å². The summed E-state index contributed by atoms with van der Waals surface area (Å²) >= 11 is 0. The Labute approximate surface area is 209 Å². The zero-order chi connectivity index (χ0) is 26.6. The number of methoxy groups -OCH3 is 2. The van der Waals surface area contributed by atoms with Crippen molar-refractivity contribution in [1.29, 1.82) is 5.26 Å². The highest BCUT2D eigenvalue weighted by Crippen LogP contribution is 2.43. The lowest BCUT2D eigenvalue weighted by Crippen LogP contribution is -2.55. The molecule has 3 aliphatic heterocycles. The molecule has 12 heteroatoms. The molecule has 3 aliphatic rings. The summed E-state index contributed by atoms with van der Waals surface area (Å²) < 4.78 is 50.9. The number of nitrogens with zero attached hydrogens (tertiary/aromatic N) is 4. The van der Waals surface area contributed by atoms with Gasteiger partial charge in [-0.2, -0.15) is 18.4 Å². The third kappa shape index (κ3) is 3.82. The van der Waals surface area contributed by atoms with Gasteiger partial charge in [0.25, 0.3) is 5.91 Å². The normalized spacial score (nSPS) is 22.4. The zero-order valence-corrected chi connectivity index (χ0v) is 19.8. The van der Waals surface area contributed by atoms with Crippen LogP contribution in [0.25, 0.3) is 0 Å². The number of rotatable bonds is 5. The first kappa shape index (κ1) is 24.4. The number of alkyl halides is 3. The van der Waals surface area contributed by atoms with Gasteiger partial charge in [0.1, 0.15) is 6.04 Å². The number of ether oxygens (including phenoxy) is 2. The largest absolute Gasteiger partial charge is 0.493 e. The smallest absolute Gasteiger partial charge is 0.417 e. The summed E-state index contributed by atoms with van der Waals surface area (Å²) in [5.41, 5.74) is -1.42. The summed E-state index contributed by atoms with van der Waals surface area (Å²) in [6.45, 7) is 0.224. The molecule has 2 bridgehead atoms. The van der Waals surface area contributed by atoms with E-state index in [0.717, 1.165) is 12.1 Å². The van der Waals surface area contributed by atoms with E-state index in [2.05, 4.69) is 0 Å². The predicted molar refractivity (Wildman–Crippen MR) is 122 cm³/mol. The predicted octanol–water partition coefficient (Wildman–Crippen LogP) is 2.96. The van der Waals surface area contributed by atoms with Crippen molar-refractivity contribution < 1.29 is 37.0 Å². The number of piperazine rings is 1. The highest BCUT2D eigenvalue weighted by molar-refractivity contribution is 6.22. The van der Waals surface area contributed by atoms with Crippen LogP contribution in [0.15, 0.2) is 36.4 Å². The van der Waals surface area contributed by atoms with Gasteiger partial charge in [-0.25, -0.2) is 9.69 Å². The van der Waals surface area contributed by atoms with Gasteiger partial charge < -0.3 is 19.3 Å². The third-order valence-electron chi connectivity index (χ3n) is 7.08. The van der Waals surface area contributed by atoms with Crippen LogP contribution in [0.1, 0.15) is 23.1 Å². The maximum Gasteiger partial charge on any atom is 0.417 e. The van der Waals surface area contributed by atoms with Crippen LogP contribution in [-0.4, -0.2) is 66.5 Å². The Morgan fingerprint density at radius 2 is 1.84 bits per heavy atom. The van der Waals surface area contributed by atoms with E-state index in [9.17, 15) is 27.6 Å². The van der Waals surface area contributed by atoms with Crippen LogP contribution in [0.5, 0.6) is 11.5 Å². The monoisotopic (exact) mass is 514 g/mol. The Kier molecular flexibility index (Phi) is 5.73. The first-order chi connectivity index (χ1) is 17.6. The Balaban J connectivity index is 1.38. The Morgan fingerprint density at radius 1 is 1.11 bits per heavy atom. The molecule has 0 radical (unpaired) electrons. The molecule has 37 heavy (non-hydrogen) atoms. The van der Waals surface area contributed by atoms with E-state index in [1.165, 1.54) is 25.2 Å². The molecule has 3 heterocycles. The fourth-order valence-electron chi connectivity index (χ4n) is 5.45. The van der Waals surface area contributed by atoms with E-state index < -0.39 is 47.4 Å². The van der Waals surface area contributed by atoms with Gasteiger partial charge in [0.05, 0.1) is 55.6 Å². The second-order valence-electron chi connectivity index (χ2n) is 9.02. The summed E-state index contributed by atoms with van der Waals surface area (Å²) in [4.78, 5) is 43.3. The number of likely N-dealkylation sites (tertiary alicyclic amines) is 1. The number of benzene rings is 2. The van der Waals surface area contributed by atoms with Crippen molar-refractivity contribution >= 4 is 23.5 Å². The van der Waals surface area contributed by atoms with Gasteiger partial charge >= 0.3 is 12.2 Å². The van der Waals surface area contributed by atoms with Crippen molar-refractivity contribution in [2.75, 3.05) is 25.7 Å². The van der Waals surface area contributed by atoms with Gasteiger partial charge in [0.2, 0.25) is 5.91 Å². The number of anilines is 1. The third-order valence-corrected chi connectivity index (χ3v) is 7.08. The Bertz CT molecular complexity index is 1350. The first-order valence-corrected chi connectivity index (χ1v) is 11.4. The molecule has 4 amide bonds. The summed E-state index contributed by atoms with van der Waals surface area (Å²) in [6.07, 6.45) is -4.39. The standard InChI is InChI=1S/C25H21F3N4O5/c1-36-19-6-3-13(7-20(19)37-2)8-21(33)30-12-16-10-18(30)22-23(34)32(24(35)31(16)22)15-5-4-14(11-29)17(9-15)25(26,27)28/h3-7,9,16,18,22H,8,10,12H2,1-2H3/t16-,18?,22?/m1/s1. The molecule has 0 aliphatic carbocycles. The van der Waals surface area contributed by atoms with Gasteiger partial charge in [-0.3, -0.25) is 9.59 Å². The molecule has 3 saturated heterocycles. The molecule has 192 valence electrons. The summed E-state index contributed by atoms with van der Waals surface area (Å²) in [5.74, 6) is 0.0470. The Morgan fingerprint density at radius 3 is 2.49 bits per heavy atom. The molecular weight excluding hydrogens is 493 g/mol. The minimum atomic E-state index is -4.84. The molecule has 2 aromatic carbocycles. The Hall–Kier alpha value is -4.27. The van der Waals surface area contributed by atoms with Gasteiger partial charge in [-0.05, 0) is 42.3 Å². The molecule has 3 atom stereocenters. The highest BCUT2D eigenvalue weighted by atomic mass is 19.4. The van der Waals surface area contributed by atoms with Gasteiger partial charge in [-0.1, -0.05) is 6.07 Å². The fraction of sp³-hybridized carbons (Fsp3) is 0.360. The number of carbonyl (C=O) groups excluding carboxylic acids is 3. The van der Waals surface area contributed by atoms with E-state index in [0.29, 0.717) is 34.4 Å². The maximum atomic E-state index is 13.5. The molecule has 0 N–H and O–H groups in total. The second kappa shape index (κ2) is 8.69. The highest BCUT2D eigenvalue weighted by Gasteiger charge is 2.62. The molecule has 0 saturated carbocycles. The maximum absolute atomic E-state index is 13.5. The molecule has 0 spiro atoms. The summed E-state index contributed by atoms with van der Waals surface area (Å²) in [5, 5.41) is 9.04. The van der Waals surface area contributed by atoms with Crippen LogP contribution < -0.4 is 14.4 Å². The van der Waals surface area contributed by atoms with Crippen LogP contribution in [0.3, 0.4) is 0 Å². The van der Waals surface area contributed by atoms with Crippen molar-refractivity contribution in [1.82, 2.24) is 9.80 Å². The fourth-order valence-corrected chi connectivity index (χ4v) is 5.45. The van der Waals surface area contributed by atoms with Crippen molar-refractivity contribution in [3.05, 3.63) is 53.1 Å². The lowest BCUT2D eigenvalue weighted by atomic mass is 10.0. The van der Waals surface area contributed by atoms with Crippen molar-refractivity contribution in [3.63, 3.8) is 0 Å². The molecular formula is C25H21F3N4O5. The average molecular weight is 514 g/mol. The van der Waals surface area contributed by atoms with E-state index in [-0.39, 0.29) is 24.6 Å². The number of imide groups is 1. The second-order valence-corrected chi connectivity index (χ2v) is 9.02. The number of amides is 4. The van der Waals surface area contributed by atoms with E-state index in [4.69, 9.17) is 14.7 Å². The lowest BCUT2D eigenvalue weighted by Gasteiger charge is -2.35. The number of halogens is 3. The number of nitriles is 1. The molecule has 5 rings (SSSR count). The number of carbonyl (C=O) groups is 3. The van der Waals surface area contributed by atoms with Crippen LogP contribution >= 0.6 is 0 Å². The van der Waals surface area contributed by atoms with E-state index in [1.54, 1.807) is 23.1 Å². The number of hydrogen-bond donors (Lipinski definition) is 0.